The lowest BCUT2D eigenvalue weighted by Gasteiger charge is -2.35. The highest BCUT2D eigenvalue weighted by molar-refractivity contribution is 6.07. The van der Waals surface area contributed by atoms with Crippen molar-refractivity contribution >= 4 is 22.7 Å². The summed E-state index contributed by atoms with van der Waals surface area (Å²) in [4.78, 5) is 34.8. The Hall–Kier alpha value is -3.32. The van der Waals surface area contributed by atoms with Crippen LogP contribution in [0.25, 0.3) is 22.2 Å². The second-order valence-corrected chi connectivity index (χ2v) is 8.58. The largest absolute Gasteiger partial charge is 0.378 e. The van der Waals surface area contributed by atoms with E-state index in [-0.39, 0.29) is 23.5 Å². The Morgan fingerprint density at radius 2 is 1.61 bits per heavy atom. The molecule has 0 N–H and O–H groups in total. The van der Waals surface area contributed by atoms with Crippen molar-refractivity contribution in [3.63, 3.8) is 0 Å². The molecular weight excluding hydrogens is 421 g/mol. The van der Waals surface area contributed by atoms with E-state index in [1.165, 1.54) is 12.1 Å². The van der Waals surface area contributed by atoms with E-state index in [9.17, 15) is 14.0 Å². The summed E-state index contributed by atoms with van der Waals surface area (Å²) in [6.07, 6.45) is 1.32. The van der Waals surface area contributed by atoms with E-state index in [0.717, 1.165) is 16.5 Å². The van der Waals surface area contributed by atoms with E-state index in [1.807, 2.05) is 34.1 Å². The Morgan fingerprint density at radius 3 is 2.33 bits per heavy atom. The third kappa shape index (κ3) is 4.46. The van der Waals surface area contributed by atoms with Crippen molar-refractivity contribution in [1.82, 2.24) is 14.8 Å². The molecule has 0 atom stereocenters. The number of hydrogen-bond donors (Lipinski definition) is 0. The maximum atomic E-state index is 13.6. The van der Waals surface area contributed by atoms with Crippen molar-refractivity contribution in [2.75, 3.05) is 39.4 Å². The van der Waals surface area contributed by atoms with E-state index < -0.39 is 0 Å². The van der Waals surface area contributed by atoms with Crippen LogP contribution in [0.5, 0.6) is 0 Å². The van der Waals surface area contributed by atoms with Gasteiger partial charge in [-0.25, -0.2) is 9.37 Å². The van der Waals surface area contributed by atoms with Gasteiger partial charge in [-0.2, -0.15) is 0 Å². The van der Waals surface area contributed by atoms with Crippen LogP contribution in [0.4, 0.5) is 4.39 Å². The molecule has 6 nitrogen and oxygen atoms in total. The Labute approximate surface area is 192 Å². The zero-order valence-electron chi connectivity index (χ0n) is 18.4. The zero-order chi connectivity index (χ0) is 22.8. The second-order valence-electron chi connectivity index (χ2n) is 8.58. The third-order valence-corrected chi connectivity index (χ3v) is 6.54. The van der Waals surface area contributed by atoms with Crippen molar-refractivity contribution in [3.8, 4) is 11.3 Å². The molecule has 2 fully saturated rings. The van der Waals surface area contributed by atoms with Crippen molar-refractivity contribution in [2.45, 2.75) is 12.8 Å². The van der Waals surface area contributed by atoms with Crippen LogP contribution in [0.2, 0.25) is 0 Å². The second kappa shape index (κ2) is 9.27. The average Bonchev–Trinajstić information content (AvgIpc) is 2.88. The predicted molar refractivity (Wildman–Crippen MR) is 123 cm³/mol. The number of rotatable bonds is 3. The molecule has 2 aliphatic heterocycles. The van der Waals surface area contributed by atoms with Gasteiger partial charge in [0, 0.05) is 43.0 Å². The fourth-order valence-electron chi connectivity index (χ4n) is 4.66. The minimum Gasteiger partial charge on any atom is -0.378 e. The molecule has 0 aliphatic carbocycles. The number of benzene rings is 2. The molecular formula is C26H26FN3O3. The Balaban J connectivity index is 1.37. The SMILES string of the molecule is O=C(c1cc(-c2ccc(F)cc2)nc2ccccc12)N1CCC(C(=O)N2CCOCC2)CC1. The fraction of sp³-hybridized carbons (Fsp3) is 0.346. The Bertz CT molecular complexity index is 1170. The molecule has 1 aromatic heterocycles. The van der Waals surface area contributed by atoms with Gasteiger partial charge in [0.2, 0.25) is 5.91 Å². The normalized spacial score (nSPS) is 17.4. The molecule has 0 saturated carbocycles. The van der Waals surface area contributed by atoms with Gasteiger partial charge in [-0.05, 0) is 49.2 Å². The minimum absolute atomic E-state index is 0.0453. The molecule has 2 aromatic carbocycles. The smallest absolute Gasteiger partial charge is 0.254 e. The molecule has 2 aliphatic rings. The number of fused-ring (bicyclic) bond motifs is 1. The highest BCUT2D eigenvalue weighted by Crippen LogP contribution is 2.28. The topological polar surface area (TPSA) is 62.7 Å². The Morgan fingerprint density at radius 1 is 0.909 bits per heavy atom. The highest BCUT2D eigenvalue weighted by Gasteiger charge is 2.31. The summed E-state index contributed by atoms with van der Waals surface area (Å²) in [7, 11) is 0. The van der Waals surface area contributed by atoms with Crippen LogP contribution in [-0.4, -0.2) is 66.0 Å². The van der Waals surface area contributed by atoms with Crippen molar-refractivity contribution in [1.29, 1.82) is 0 Å². The number of amides is 2. The van der Waals surface area contributed by atoms with Crippen molar-refractivity contribution in [2.24, 2.45) is 5.92 Å². The lowest BCUT2D eigenvalue weighted by molar-refractivity contribution is -0.141. The number of pyridine rings is 1. The average molecular weight is 448 g/mol. The van der Waals surface area contributed by atoms with Crippen LogP contribution < -0.4 is 0 Å². The summed E-state index contributed by atoms with van der Waals surface area (Å²) in [5, 5.41) is 0.792. The molecule has 33 heavy (non-hydrogen) atoms. The number of likely N-dealkylation sites (tertiary alicyclic amines) is 1. The number of halogens is 1. The molecule has 2 saturated heterocycles. The minimum atomic E-state index is -0.315. The molecule has 3 heterocycles. The zero-order valence-corrected chi connectivity index (χ0v) is 18.4. The first-order valence-corrected chi connectivity index (χ1v) is 11.4. The standard InChI is InChI=1S/C26H26FN3O3/c27-20-7-5-18(6-8-20)24-17-22(21-3-1-2-4-23(21)28-24)26(32)29-11-9-19(10-12-29)25(31)30-13-15-33-16-14-30/h1-8,17,19H,9-16H2. The van der Waals surface area contributed by atoms with Gasteiger partial charge in [0.25, 0.3) is 5.91 Å². The van der Waals surface area contributed by atoms with Gasteiger partial charge in [-0.15, -0.1) is 0 Å². The summed E-state index contributed by atoms with van der Waals surface area (Å²) in [6.45, 7) is 3.56. The van der Waals surface area contributed by atoms with E-state index in [2.05, 4.69) is 0 Å². The van der Waals surface area contributed by atoms with Crippen LogP contribution >= 0.6 is 0 Å². The summed E-state index contributed by atoms with van der Waals surface area (Å²) in [6, 6.07) is 15.5. The first-order chi connectivity index (χ1) is 16.1. The predicted octanol–water partition coefficient (Wildman–Crippen LogP) is 3.75. The van der Waals surface area contributed by atoms with E-state index >= 15 is 0 Å². The van der Waals surface area contributed by atoms with Gasteiger partial charge in [-0.3, -0.25) is 9.59 Å². The molecule has 0 spiro atoms. The molecule has 170 valence electrons. The number of hydrogen-bond acceptors (Lipinski definition) is 4. The molecule has 3 aromatic rings. The number of para-hydroxylation sites is 1. The summed E-state index contributed by atoms with van der Waals surface area (Å²) in [5.74, 6) is -0.242. The summed E-state index contributed by atoms with van der Waals surface area (Å²) < 4.78 is 18.7. The van der Waals surface area contributed by atoms with Gasteiger partial charge >= 0.3 is 0 Å². The van der Waals surface area contributed by atoms with Gasteiger partial charge in [-0.1, -0.05) is 18.2 Å². The van der Waals surface area contributed by atoms with E-state index in [0.29, 0.717) is 63.5 Å². The van der Waals surface area contributed by atoms with Gasteiger partial charge in [0.05, 0.1) is 30.0 Å². The van der Waals surface area contributed by atoms with Gasteiger partial charge in [0.1, 0.15) is 5.82 Å². The number of piperidine rings is 1. The molecule has 0 radical (unpaired) electrons. The lowest BCUT2D eigenvalue weighted by Crippen LogP contribution is -2.47. The van der Waals surface area contributed by atoms with Crippen LogP contribution in [0, 0.1) is 11.7 Å². The highest BCUT2D eigenvalue weighted by atomic mass is 19.1. The summed E-state index contributed by atoms with van der Waals surface area (Å²) in [5.41, 5.74) is 2.69. The first kappa shape index (κ1) is 21.5. The first-order valence-electron chi connectivity index (χ1n) is 11.4. The summed E-state index contributed by atoms with van der Waals surface area (Å²) >= 11 is 0. The number of carbonyl (C=O) groups excluding carboxylic acids is 2. The van der Waals surface area contributed by atoms with Crippen molar-refractivity contribution in [3.05, 3.63) is 66.0 Å². The molecule has 0 bridgehead atoms. The third-order valence-electron chi connectivity index (χ3n) is 6.54. The quantitative estimate of drug-likeness (QED) is 0.614. The molecule has 7 heteroatoms. The Kier molecular flexibility index (Phi) is 6.05. The molecule has 2 amide bonds. The number of carbonyl (C=O) groups is 2. The molecule has 0 unspecified atom stereocenters. The lowest BCUT2D eigenvalue weighted by atomic mass is 9.94. The molecule has 5 rings (SSSR count). The monoisotopic (exact) mass is 447 g/mol. The number of aromatic nitrogens is 1. The van der Waals surface area contributed by atoms with Gasteiger partial charge in [0.15, 0.2) is 0 Å². The fourth-order valence-corrected chi connectivity index (χ4v) is 4.66. The number of morpholine rings is 1. The maximum Gasteiger partial charge on any atom is 0.254 e. The van der Waals surface area contributed by atoms with Crippen LogP contribution in [0.1, 0.15) is 23.2 Å². The van der Waals surface area contributed by atoms with E-state index in [1.54, 1.807) is 18.2 Å². The maximum absolute atomic E-state index is 13.6. The number of nitrogens with zero attached hydrogens (tertiary/aromatic N) is 3. The van der Waals surface area contributed by atoms with E-state index in [4.69, 9.17) is 9.72 Å². The number of ether oxygens (including phenoxy) is 1. The van der Waals surface area contributed by atoms with Crippen LogP contribution in [0.15, 0.2) is 54.6 Å². The van der Waals surface area contributed by atoms with Gasteiger partial charge < -0.3 is 14.5 Å². The van der Waals surface area contributed by atoms with Crippen LogP contribution in [-0.2, 0) is 9.53 Å². The van der Waals surface area contributed by atoms with Crippen molar-refractivity contribution < 1.29 is 18.7 Å². The van der Waals surface area contributed by atoms with Crippen LogP contribution in [0.3, 0.4) is 0 Å².